The summed E-state index contributed by atoms with van der Waals surface area (Å²) >= 11 is 0. The van der Waals surface area contributed by atoms with Crippen molar-refractivity contribution in [2.75, 3.05) is 32.7 Å². The smallest absolute Gasteiger partial charge is 0.209 e. The normalized spacial score (nSPS) is 17.2. The van der Waals surface area contributed by atoms with Gasteiger partial charge in [0.1, 0.15) is 0 Å². The van der Waals surface area contributed by atoms with E-state index in [-0.39, 0.29) is 0 Å². The molecule has 1 heterocycles. The summed E-state index contributed by atoms with van der Waals surface area (Å²) in [4.78, 5) is 14.7. The third-order valence-electron chi connectivity index (χ3n) is 2.38. The Labute approximate surface area is 88.1 Å². The van der Waals surface area contributed by atoms with E-state index in [4.69, 9.17) is 0 Å². The zero-order valence-electron chi connectivity index (χ0n) is 9.83. The van der Waals surface area contributed by atoms with Crippen LogP contribution in [0.3, 0.4) is 0 Å². The Kier molecular flexibility index (Phi) is 8.64. The third-order valence-corrected chi connectivity index (χ3v) is 2.38. The number of carbonyl (C=O) groups is 1. The lowest BCUT2D eigenvalue weighted by Gasteiger charge is -2.32. The number of nitrogens with zero attached hydrogens (tertiary/aromatic N) is 2. The van der Waals surface area contributed by atoms with Gasteiger partial charge in [0.15, 0.2) is 0 Å². The van der Waals surface area contributed by atoms with Gasteiger partial charge in [-0.25, -0.2) is 0 Å². The summed E-state index contributed by atoms with van der Waals surface area (Å²) in [6.07, 6.45) is 3.49. The molecule has 14 heavy (non-hydrogen) atoms. The fourth-order valence-electron chi connectivity index (χ4n) is 1.47. The van der Waals surface area contributed by atoms with Crippen molar-refractivity contribution in [2.45, 2.75) is 33.6 Å². The molecular formula is C11H24N2O. The van der Waals surface area contributed by atoms with Crippen molar-refractivity contribution in [3.8, 4) is 0 Å². The second-order valence-electron chi connectivity index (χ2n) is 3.34. The van der Waals surface area contributed by atoms with Crippen LogP contribution in [0.25, 0.3) is 0 Å². The number of carbonyl (C=O) groups excluding carboxylic acids is 1. The van der Waals surface area contributed by atoms with E-state index in [9.17, 15) is 4.79 Å². The van der Waals surface area contributed by atoms with Crippen LogP contribution in [0.4, 0.5) is 0 Å². The molecule has 3 nitrogen and oxygen atoms in total. The Balaban J connectivity index is 0.000000791. The minimum atomic E-state index is 0.910. The van der Waals surface area contributed by atoms with E-state index in [1.165, 1.54) is 19.4 Å². The molecule has 0 radical (unpaired) electrons. The fourth-order valence-corrected chi connectivity index (χ4v) is 1.47. The minimum absolute atomic E-state index is 0.910. The topological polar surface area (TPSA) is 23.6 Å². The highest BCUT2D eigenvalue weighted by atomic mass is 16.1. The molecule has 0 aliphatic carbocycles. The summed E-state index contributed by atoms with van der Waals surface area (Å²) in [6.45, 7) is 11.3. The summed E-state index contributed by atoms with van der Waals surface area (Å²) in [7, 11) is 0. The van der Waals surface area contributed by atoms with Gasteiger partial charge in [-0.2, -0.15) is 0 Å². The number of piperazine rings is 1. The Morgan fingerprint density at radius 2 is 1.71 bits per heavy atom. The Hall–Kier alpha value is -0.570. The van der Waals surface area contributed by atoms with Crippen molar-refractivity contribution in [1.82, 2.24) is 9.80 Å². The standard InChI is InChI=1S/C9H18N2O.C2H6/c1-2-3-4-10-5-7-11(9-12)8-6-10;1-2/h9H,2-8H2,1H3;1-2H3. The summed E-state index contributed by atoms with van der Waals surface area (Å²) in [5, 5.41) is 0. The van der Waals surface area contributed by atoms with Crippen molar-refractivity contribution >= 4 is 6.41 Å². The highest BCUT2D eigenvalue weighted by Gasteiger charge is 2.13. The van der Waals surface area contributed by atoms with Gasteiger partial charge in [-0.05, 0) is 13.0 Å². The fraction of sp³-hybridized carbons (Fsp3) is 0.909. The van der Waals surface area contributed by atoms with E-state index >= 15 is 0 Å². The molecule has 0 aromatic heterocycles. The zero-order valence-corrected chi connectivity index (χ0v) is 9.83. The zero-order chi connectivity index (χ0) is 10.8. The van der Waals surface area contributed by atoms with Gasteiger partial charge in [-0.1, -0.05) is 27.2 Å². The maximum Gasteiger partial charge on any atom is 0.209 e. The van der Waals surface area contributed by atoms with E-state index in [1.54, 1.807) is 0 Å². The predicted molar refractivity (Wildman–Crippen MR) is 60.3 cm³/mol. The van der Waals surface area contributed by atoms with Gasteiger partial charge in [0.25, 0.3) is 0 Å². The van der Waals surface area contributed by atoms with Crippen LogP contribution in [-0.4, -0.2) is 48.9 Å². The molecule has 0 aromatic rings. The van der Waals surface area contributed by atoms with Crippen LogP contribution >= 0.6 is 0 Å². The van der Waals surface area contributed by atoms with Gasteiger partial charge in [0, 0.05) is 26.2 Å². The SMILES string of the molecule is CC.CCCCN1CCN(C=O)CC1. The van der Waals surface area contributed by atoms with Crippen LogP contribution in [0.5, 0.6) is 0 Å². The lowest BCUT2D eigenvalue weighted by Crippen LogP contribution is -2.45. The van der Waals surface area contributed by atoms with Crippen LogP contribution in [0.15, 0.2) is 0 Å². The average molecular weight is 200 g/mol. The molecular weight excluding hydrogens is 176 g/mol. The maximum atomic E-state index is 10.4. The molecule has 1 saturated heterocycles. The molecule has 1 rings (SSSR count). The van der Waals surface area contributed by atoms with Gasteiger partial charge < -0.3 is 4.90 Å². The average Bonchev–Trinajstić information content (AvgIpc) is 2.30. The number of amides is 1. The minimum Gasteiger partial charge on any atom is -0.343 e. The number of rotatable bonds is 4. The van der Waals surface area contributed by atoms with Crippen LogP contribution in [0.1, 0.15) is 33.6 Å². The highest BCUT2D eigenvalue weighted by Crippen LogP contribution is 2.01. The summed E-state index contributed by atoms with van der Waals surface area (Å²) in [5.41, 5.74) is 0. The number of hydrogen-bond donors (Lipinski definition) is 0. The summed E-state index contributed by atoms with van der Waals surface area (Å²) in [5.74, 6) is 0. The first-order valence-corrected chi connectivity index (χ1v) is 5.78. The molecule has 0 spiro atoms. The van der Waals surface area contributed by atoms with Crippen molar-refractivity contribution in [3.63, 3.8) is 0 Å². The van der Waals surface area contributed by atoms with E-state index in [0.717, 1.165) is 32.6 Å². The predicted octanol–water partition coefficient (Wildman–Crippen LogP) is 1.59. The van der Waals surface area contributed by atoms with Gasteiger partial charge in [0.05, 0.1) is 0 Å². The van der Waals surface area contributed by atoms with Gasteiger partial charge in [0.2, 0.25) is 6.41 Å². The second-order valence-corrected chi connectivity index (χ2v) is 3.34. The molecule has 1 aliphatic rings. The molecule has 0 atom stereocenters. The molecule has 0 aromatic carbocycles. The lowest BCUT2D eigenvalue weighted by molar-refractivity contribution is -0.119. The molecule has 0 N–H and O–H groups in total. The van der Waals surface area contributed by atoms with Gasteiger partial charge in [-0.3, -0.25) is 9.69 Å². The van der Waals surface area contributed by atoms with Crippen LogP contribution in [0, 0.1) is 0 Å². The van der Waals surface area contributed by atoms with E-state index in [1.807, 2.05) is 18.7 Å². The lowest BCUT2D eigenvalue weighted by atomic mass is 10.3. The van der Waals surface area contributed by atoms with Crippen LogP contribution in [-0.2, 0) is 4.79 Å². The Morgan fingerprint density at radius 1 is 1.14 bits per heavy atom. The molecule has 84 valence electrons. The van der Waals surface area contributed by atoms with Gasteiger partial charge >= 0.3 is 0 Å². The van der Waals surface area contributed by atoms with Crippen molar-refractivity contribution in [2.24, 2.45) is 0 Å². The first kappa shape index (κ1) is 13.4. The van der Waals surface area contributed by atoms with Crippen LogP contribution in [0.2, 0.25) is 0 Å². The molecule has 1 aliphatic heterocycles. The molecule has 1 amide bonds. The van der Waals surface area contributed by atoms with Crippen molar-refractivity contribution < 1.29 is 4.79 Å². The Morgan fingerprint density at radius 3 is 2.14 bits per heavy atom. The van der Waals surface area contributed by atoms with Crippen molar-refractivity contribution in [3.05, 3.63) is 0 Å². The maximum absolute atomic E-state index is 10.4. The van der Waals surface area contributed by atoms with Gasteiger partial charge in [-0.15, -0.1) is 0 Å². The Bertz CT molecular complexity index is 131. The van der Waals surface area contributed by atoms with Crippen LogP contribution < -0.4 is 0 Å². The van der Waals surface area contributed by atoms with Crippen molar-refractivity contribution in [1.29, 1.82) is 0 Å². The molecule has 0 unspecified atom stereocenters. The largest absolute Gasteiger partial charge is 0.343 e. The quantitative estimate of drug-likeness (QED) is 0.643. The second kappa shape index (κ2) is 9.00. The highest BCUT2D eigenvalue weighted by molar-refractivity contribution is 5.47. The first-order chi connectivity index (χ1) is 6.86. The molecule has 0 saturated carbocycles. The molecule has 3 heteroatoms. The van der Waals surface area contributed by atoms with E-state index < -0.39 is 0 Å². The molecule has 0 bridgehead atoms. The number of hydrogen-bond acceptors (Lipinski definition) is 2. The third kappa shape index (κ3) is 5.22. The van der Waals surface area contributed by atoms with E-state index in [2.05, 4.69) is 11.8 Å². The van der Waals surface area contributed by atoms with E-state index in [0.29, 0.717) is 0 Å². The molecule has 1 fully saturated rings. The number of unbranched alkanes of at least 4 members (excludes halogenated alkanes) is 1. The summed E-state index contributed by atoms with van der Waals surface area (Å²) < 4.78 is 0. The summed E-state index contributed by atoms with van der Waals surface area (Å²) in [6, 6.07) is 0. The monoisotopic (exact) mass is 200 g/mol. The first-order valence-electron chi connectivity index (χ1n) is 5.78.